The van der Waals surface area contributed by atoms with Crippen molar-refractivity contribution in [1.29, 1.82) is 0 Å². The van der Waals surface area contributed by atoms with Crippen molar-refractivity contribution in [3.63, 3.8) is 0 Å². The number of nitrogens with zero attached hydrogens (tertiary/aromatic N) is 3. The molecule has 1 aromatic heterocycles. The number of amides is 2. The highest BCUT2D eigenvalue weighted by molar-refractivity contribution is 7.81. The fourth-order valence-corrected chi connectivity index (χ4v) is 6.38. The molecule has 1 aliphatic heterocycles. The summed E-state index contributed by atoms with van der Waals surface area (Å²) in [4.78, 5) is 33.7. The van der Waals surface area contributed by atoms with Gasteiger partial charge < -0.3 is 10.2 Å². The molecule has 2 fully saturated rings. The van der Waals surface area contributed by atoms with Gasteiger partial charge in [0.15, 0.2) is 10.8 Å². The number of benzene rings is 2. The quantitative estimate of drug-likeness (QED) is 0.299. The maximum absolute atomic E-state index is 15.3. The first-order valence-corrected chi connectivity index (χ1v) is 13.4. The number of carbonyl (C=O) groups is 2. The van der Waals surface area contributed by atoms with Crippen LogP contribution in [-0.4, -0.2) is 22.5 Å². The number of nitrogens with one attached hydrogen (secondary N) is 1. The molecule has 188 valence electrons. The number of anilines is 2. The highest BCUT2D eigenvalue weighted by Gasteiger charge is 2.59. The molecule has 1 saturated carbocycles. The van der Waals surface area contributed by atoms with Gasteiger partial charge in [0.1, 0.15) is 11.4 Å². The fraction of sp³-hybridized carbons (Fsp3) is 0.286. The smallest absolute Gasteiger partial charge is 0.261 e. The number of thiocarbonyl (C=S) groups is 1. The third-order valence-electron chi connectivity index (χ3n) is 7.22. The molecule has 0 unspecified atom stereocenters. The molecule has 0 atom stereocenters. The molecular weight excluding hydrogens is 507 g/mol. The molecule has 1 N–H and O–H groups in total. The van der Waals surface area contributed by atoms with E-state index in [1.165, 1.54) is 22.3 Å². The van der Waals surface area contributed by atoms with Crippen molar-refractivity contribution < 1.29 is 14.0 Å². The lowest BCUT2D eigenvalue weighted by Crippen LogP contribution is -2.55. The van der Waals surface area contributed by atoms with Crippen LogP contribution in [0.3, 0.4) is 0 Å². The molecule has 1 saturated heterocycles. The van der Waals surface area contributed by atoms with Crippen LogP contribution in [0.2, 0.25) is 0 Å². The van der Waals surface area contributed by atoms with Crippen LogP contribution in [0.15, 0.2) is 47.8 Å². The number of rotatable bonds is 6. The third kappa shape index (κ3) is 4.10. The monoisotopic (exact) mass is 532 g/mol. The second-order valence-corrected chi connectivity index (χ2v) is 10.6. The molecule has 2 aromatic carbocycles. The Kier molecular flexibility index (Phi) is 6.56. The van der Waals surface area contributed by atoms with Crippen LogP contribution >= 0.6 is 23.6 Å². The molecule has 37 heavy (non-hydrogen) atoms. The van der Waals surface area contributed by atoms with E-state index in [0.29, 0.717) is 45.5 Å². The van der Waals surface area contributed by atoms with Crippen LogP contribution in [-0.2, 0) is 17.8 Å². The summed E-state index contributed by atoms with van der Waals surface area (Å²) >= 11 is 7.15. The van der Waals surface area contributed by atoms with Gasteiger partial charge in [-0.05, 0) is 91.7 Å². The van der Waals surface area contributed by atoms with Crippen molar-refractivity contribution in [3.8, 4) is 0 Å². The highest BCUT2D eigenvalue weighted by Crippen LogP contribution is 2.48. The Morgan fingerprint density at radius 1 is 1.19 bits per heavy atom. The van der Waals surface area contributed by atoms with E-state index in [1.54, 1.807) is 35.2 Å². The maximum Gasteiger partial charge on any atom is 0.261 e. The molecule has 0 bridgehead atoms. The summed E-state index contributed by atoms with van der Waals surface area (Å²) in [7, 11) is 0. The van der Waals surface area contributed by atoms with Gasteiger partial charge in [-0.3, -0.25) is 14.5 Å². The molecule has 2 heterocycles. The zero-order valence-corrected chi connectivity index (χ0v) is 22.1. The van der Waals surface area contributed by atoms with Crippen LogP contribution in [0.4, 0.5) is 21.5 Å². The third-order valence-corrected chi connectivity index (χ3v) is 8.54. The normalized spacial score (nSPS) is 16.2. The highest BCUT2D eigenvalue weighted by atomic mass is 32.1. The zero-order valence-electron chi connectivity index (χ0n) is 20.5. The molecule has 5 rings (SSSR count). The predicted octanol–water partition coefficient (Wildman–Crippen LogP) is 6.30. The number of hydrogen-bond acceptors (Lipinski definition) is 4. The largest absolute Gasteiger partial charge is 0.347 e. The minimum absolute atomic E-state index is 0.0549. The molecule has 6 nitrogen and oxygen atoms in total. The summed E-state index contributed by atoms with van der Waals surface area (Å²) in [5, 5.41) is 4.99. The van der Waals surface area contributed by atoms with Crippen molar-refractivity contribution in [1.82, 2.24) is 5.32 Å². The number of thiophene rings is 1. The second-order valence-electron chi connectivity index (χ2n) is 9.31. The van der Waals surface area contributed by atoms with Crippen molar-refractivity contribution in [2.24, 2.45) is 0 Å². The van der Waals surface area contributed by atoms with Gasteiger partial charge in [-0.1, -0.05) is 19.1 Å². The lowest BCUT2D eigenvalue weighted by molar-refractivity contribution is -0.123. The first kappa shape index (κ1) is 25.1. The Balaban J connectivity index is 1.40. The minimum atomic E-state index is -0.832. The number of halogens is 1. The van der Waals surface area contributed by atoms with Crippen LogP contribution in [0.25, 0.3) is 4.85 Å². The lowest BCUT2D eigenvalue weighted by atomic mass is 9.75. The molecule has 1 spiro atoms. The minimum Gasteiger partial charge on any atom is -0.347 e. The SMILES string of the molecule is [C-]#[N+]c1ccc(N2C(=O)C3(CCC3)N(c3ccc(CNC(=O)c4sccc4CC)c(F)c3)C2=S)cc1C. The number of aryl methyl sites for hydroxylation is 2. The van der Waals surface area contributed by atoms with Crippen molar-refractivity contribution in [2.75, 3.05) is 9.80 Å². The first-order valence-electron chi connectivity index (χ1n) is 12.1. The van der Waals surface area contributed by atoms with Crippen LogP contribution in [0, 0.1) is 19.3 Å². The Hall–Kier alpha value is -3.61. The molecule has 0 radical (unpaired) electrons. The summed E-state index contributed by atoms with van der Waals surface area (Å²) in [6.07, 6.45) is 2.89. The van der Waals surface area contributed by atoms with Gasteiger partial charge in [0.05, 0.1) is 11.4 Å². The summed E-state index contributed by atoms with van der Waals surface area (Å²) < 4.78 is 15.3. The standard InChI is InChI=1S/C28H25FN4O2S2/c1-4-18-10-13-37-24(18)25(34)31-16-19-6-7-21(15-22(19)29)33-27(36)32(26(35)28(33)11-5-12-28)20-8-9-23(30-3)17(2)14-20/h6-10,13-15H,4-5,11-12,16H2,1-2H3,(H,31,34). The Morgan fingerprint density at radius 2 is 1.95 bits per heavy atom. The molecule has 2 aliphatic rings. The molecule has 2 amide bonds. The van der Waals surface area contributed by atoms with Gasteiger partial charge >= 0.3 is 0 Å². The fourth-order valence-electron chi connectivity index (χ4n) is 5.00. The zero-order chi connectivity index (χ0) is 26.3. The van der Waals surface area contributed by atoms with Crippen LogP contribution < -0.4 is 15.1 Å². The van der Waals surface area contributed by atoms with Crippen molar-refractivity contribution >= 4 is 57.5 Å². The van der Waals surface area contributed by atoms with E-state index in [4.69, 9.17) is 18.8 Å². The average Bonchev–Trinajstić information content (AvgIpc) is 3.43. The second kappa shape index (κ2) is 9.69. The van der Waals surface area contributed by atoms with Crippen molar-refractivity contribution in [3.05, 3.63) is 86.6 Å². The summed E-state index contributed by atoms with van der Waals surface area (Å²) in [5.41, 5.74) is 2.89. The summed E-state index contributed by atoms with van der Waals surface area (Å²) in [6, 6.07) is 11.9. The van der Waals surface area contributed by atoms with E-state index in [-0.39, 0.29) is 18.4 Å². The van der Waals surface area contributed by atoms with Gasteiger partial charge in [0.25, 0.3) is 11.8 Å². The van der Waals surface area contributed by atoms with E-state index in [9.17, 15) is 9.59 Å². The first-order chi connectivity index (χ1) is 17.8. The predicted molar refractivity (Wildman–Crippen MR) is 148 cm³/mol. The molecular formula is C28H25FN4O2S2. The van der Waals surface area contributed by atoms with E-state index in [0.717, 1.165) is 24.0 Å². The van der Waals surface area contributed by atoms with Gasteiger partial charge in [0, 0.05) is 23.5 Å². The van der Waals surface area contributed by atoms with Gasteiger partial charge in [-0.2, -0.15) is 0 Å². The molecule has 9 heteroatoms. The Labute approximate surface area is 224 Å². The summed E-state index contributed by atoms with van der Waals surface area (Å²) in [6.45, 7) is 11.2. The van der Waals surface area contributed by atoms with E-state index >= 15 is 4.39 Å². The van der Waals surface area contributed by atoms with Crippen molar-refractivity contribution in [2.45, 2.75) is 51.6 Å². The van der Waals surface area contributed by atoms with Gasteiger partial charge in [0.2, 0.25) is 0 Å². The molecule has 1 aliphatic carbocycles. The summed E-state index contributed by atoms with van der Waals surface area (Å²) in [5.74, 6) is -0.816. The van der Waals surface area contributed by atoms with Crippen LogP contribution in [0.5, 0.6) is 0 Å². The van der Waals surface area contributed by atoms with Crippen LogP contribution in [0.1, 0.15) is 52.5 Å². The molecule has 3 aromatic rings. The van der Waals surface area contributed by atoms with E-state index in [1.807, 2.05) is 25.3 Å². The lowest BCUT2D eigenvalue weighted by Gasteiger charge is -2.43. The Bertz CT molecular complexity index is 1470. The number of hydrogen-bond donors (Lipinski definition) is 1. The Morgan fingerprint density at radius 3 is 2.57 bits per heavy atom. The number of carbonyl (C=O) groups excluding carboxylic acids is 2. The maximum atomic E-state index is 15.3. The van der Waals surface area contributed by atoms with Gasteiger partial charge in [-0.25, -0.2) is 9.24 Å². The van der Waals surface area contributed by atoms with Gasteiger partial charge in [-0.15, -0.1) is 11.3 Å². The average molecular weight is 533 g/mol. The van der Waals surface area contributed by atoms with E-state index < -0.39 is 11.4 Å². The topological polar surface area (TPSA) is 57.0 Å². The van der Waals surface area contributed by atoms with E-state index in [2.05, 4.69) is 10.2 Å².